The Labute approximate surface area is 155 Å². The molecule has 1 aromatic carbocycles. The molecule has 3 rings (SSSR count). The minimum atomic E-state index is -4.18. The van der Waals surface area contributed by atoms with E-state index in [-0.39, 0.29) is 24.1 Å². The van der Waals surface area contributed by atoms with Crippen LogP contribution in [0.5, 0.6) is 0 Å². The molecule has 0 bridgehead atoms. The molecule has 0 spiro atoms. The smallest absolute Gasteiger partial charge is 0.321 e. The topological polar surface area (TPSA) is 71.8 Å². The highest BCUT2D eigenvalue weighted by atomic mass is 19.4. The van der Waals surface area contributed by atoms with Crippen LogP contribution >= 0.6 is 0 Å². The molecule has 1 saturated heterocycles. The van der Waals surface area contributed by atoms with Crippen LogP contribution in [0.3, 0.4) is 0 Å². The molecule has 1 aliphatic rings. The lowest BCUT2D eigenvalue weighted by atomic mass is 10.1. The van der Waals surface area contributed by atoms with Crippen molar-refractivity contribution in [2.45, 2.75) is 44.8 Å². The Balaban J connectivity index is 1.62. The summed E-state index contributed by atoms with van der Waals surface area (Å²) < 4.78 is 38.6. The molecule has 1 amide bonds. The van der Waals surface area contributed by atoms with Gasteiger partial charge in [-0.3, -0.25) is 4.79 Å². The fraction of sp³-hybridized carbons (Fsp3) is 0.500. The summed E-state index contributed by atoms with van der Waals surface area (Å²) in [5.41, 5.74) is 2.04. The van der Waals surface area contributed by atoms with E-state index in [1.807, 2.05) is 6.92 Å². The predicted molar refractivity (Wildman–Crippen MR) is 94.7 cm³/mol. The van der Waals surface area contributed by atoms with Gasteiger partial charge in [0.05, 0.1) is 11.7 Å². The number of piperidine rings is 1. The van der Waals surface area contributed by atoms with Crippen LogP contribution < -0.4 is 10.6 Å². The maximum absolute atomic E-state index is 12.5. The van der Waals surface area contributed by atoms with E-state index >= 15 is 0 Å². The Bertz CT molecular complexity index is 779. The molecule has 27 heavy (non-hydrogen) atoms. The van der Waals surface area contributed by atoms with Gasteiger partial charge in [-0.1, -0.05) is 17.3 Å². The van der Waals surface area contributed by atoms with E-state index in [1.54, 1.807) is 28.9 Å². The predicted octanol–water partition coefficient (Wildman–Crippen LogP) is 3.26. The molecular formula is C18H22F3N5O. The lowest BCUT2D eigenvalue weighted by Gasteiger charge is -2.23. The Morgan fingerprint density at radius 1 is 1.26 bits per heavy atom. The molecule has 0 saturated carbocycles. The highest BCUT2D eigenvalue weighted by Crippen LogP contribution is 2.23. The molecular weight excluding hydrogens is 359 g/mol. The van der Waals surface area contributed by atoms with Gasteiger partial charge in [-0.15, -0.1) is 5.10 Å². The zero-order chi connectivity index (χ0) is 19.4. The number of carbonyl (C=O) groups is 1. The summed E-state index contributed by atoms with van der Waals surface area (Å²) in [7, 11) is 0. The van der Waals surface area contributed by atoms with Crippen molar-refractivity contribution in [3.8, 4) is 0 Å². The van der Waals surface area contributed by atoms with Crippen LogP contribution in [0.25, 0.3) is 0 Å². The zero-order valence-electron chi connectivity index (χ0n) is 15.0. The lowest BCUT2D eigenvalue weighted by Crippen LogP contribution is -2.30. The summed E-state index contributed by atoms with van der Waals surface area (Å²) in [5, 5.41) is 14.2. The highest BCUT2D eigenvalue weighted by Gasteiger charge is 2.26. The second-order valence-corrected chi connectivity index (χ2v) is 6.72. The molecule has 1 aromatic heterocycles. The van der Waals surface area contributed by atoms with Crippen LogP contribution in [0.2, 0.25) is 0 Å². The molecule has 6 nitrogen and oxygen atoms in total. The monoisotopic (exact) mass is 381 g/mol. The van der Waals surface area contributed by atoms with Gasteiger partial charge in [0.25, 0.3) is 5.91 Å². The molecule has 146 valence electrons. The van der Waals surface area contributed by atoms with Crippen LogP contribution in [0.4, 0.5) is 18.9 Å². The second kappa shape index (κ2) is 8.08. The number of rotatable bonds is 5. The first-order valence-electron chi connectivity index (χ1n) is 8.93. The molecule has 2 aromatic rings. The summed E-state index contributed by atoms with van der Waals surface area (Å²) >= 11 is 0. The quantitative estimate of drug-likeness (QED) is 0.834. The minimum absolute atomic E-state index is 0.0819. The number of anilines is 1. The molecule has 0 atom stereocenters. The van der Waals surface area contributed by atoms with E-state index in [0.29, 0.717) is 16.9 Å². The summed E-state index contributed by atoms with van der Waals surface area (Å²) in [6.45, 7) is 3.63. The lowest BCUT2D eigenvalue weighted by molar-refractivity contribution is -0.133. The third-order valence-corrected chi connectivity index (χ3v) is 4.71. The SMILES string of the molecule is Cc1c(C(=O)Nc2ccc(CCC(F)(F)F)cc2)nnn1C1CCNCC1. The van der Waals surface area contributed by atoms with Gasteiger partial charge in [0.15, 0.2) is 5.69 Å². The number of alkyl halides is 3. The van der Waals surface area contributed by atoms with Gasteiger partial charge in [-0.05, 0) is 57.0 Å². The van der Waals surface area contributed by atoms with Crippen molar-refractivity contribution in [2.24, 2.45) is 0 Å². The van der Waals surface area contributed by atoms with Crippen LogP contribution in [-0.2, 0) is 6.42 Å². The first-order chi connectivity index (χ1) is 12.8. The van der Waals surface area contributed by atoms with Gasteiger partial charge in [-0.25, -0.2) is 4.68 Å². The van der Waals surface area contributed by atoms with Crippen LogP contribution in [0.1, 0.15) is 47.1 Å². The fourth-order valence-electron chi connectivity index (χ4n) is 3.18. The summed E-state index contributed by atoms with van der Waals surface area (Å²) in [6.07, 6.45) is -3.25. The molecule has 1 fully saturated rings. The highest BCUT2D eigenvalue weighted by molar-refractivity contribution is 6.03. The van der Waals surface area contributed by atoms with Crippen molar-refractivity contribution in [3.63, 3.8) is 0 Å². The molecule has 1 aliphatic heterocycles. The van der Waals surface area contributed by atoms with Crippen LogP contribution in [0.15, 0.2) is 24.3 Å². The standard InChI is InChI=1S/C18H22F3N5O/c1-12-16(24-25-26(12)15-7-10-22-11-8-15)17(27)23-14-4-2-13(3-5-14)6-9-18(19,20)21/h2-5,15,22H,6-11H2,1H3,(H,23,27). The Kier molecular flexibility index (Phi) is 5.79. The maximum Gasteiger partial charge on any atom is 0.389 e. The van der Waals surface area contributed by atoms with Gasteiger partial charge in [0.2, 0.25) is 0 Å². The van der Waals surface area contributed by atoms with Gasteiger partial charge in [0, 0.05) is 12.1 Å². The van der Waals surface area contributed by atoms with Crippen molar-refractivity contribution in [2.75, 3.05) is 18.4 Å². The third kappa shape index (κ3) is 5.06. The number of nitrogens with zero attached hydrogens (tertiary/aromatic N) is 3. The minimum Gasteiger partial charge on any atom is -0.321 e. The van der Waals surface area contributed by atoms with Crippen molar-refractivity contribution in [1.29, 1.82) is 0 Å². The number of nitrogens with one attached hydrogen (secondary N) is 2. The van der Waals surface area contributed by atoms with E-state index in [0.717, 1.165) is 25.9 Å². The average molecular weight is 381 g/mol. The maximum atomic E-state index is 12.5. The number of carbonyl (C=O) groups excluding carboxylic acids is 1. The number of amides is 1. The van der Waals surface area contributed by atoms with E-state index < -0.39 is 12.6 Å². The molecule has 0 radical (unpaired) electrons. The van der Waals surface area contributed by atoms with E-state index in [9.17, 15) is 18.0 Å². The normalized spacial score (nSPS) is 15.7. The summed E-state index contributed by atoms with van der Waals surface area (Å²) in [4.78, 5) is 12.5. The van der Waals surface area contributed by atoms with Gasteiger partial charge < -0.3 is 10.6 Å². The van der Waals surface area contributed by atoms with Crippen molar-refractivity contribution >= 4 is 11.6 Å². The second-order valence-electron chi connectivity index (χ2n) is 6.72. The van der Waals surface area contributed by atoms with Gasteiger partial charge >= 0.3 is 6.18 Å². The number of hydrogen-bond acceptors (Lipinski definition) is 4. The molecule has 9 heteroatoms. The average Bonchev–Trinajstić information content (AvgIpc) is 3.03. The number of benzene rings is 1. The first kappa shape index (κ1) is 19.3. The van der Waals surface area contributed by atoms with Crippen molar-refractivity contribution in [3.05, 3.63) is 41.2 Å². The first-order valence-corrected chi connectivity index (χ1v) is 8.93. The van der Waals surface area contributed by atoms with Crippen LogP contribution in [0, 0.1) is 6.92 Å². The van der Waals surface area contributed by atoms with Crippen molar-refractivity contribution in [1.82, 2.24) is 20.3 Å². The zero-order valence-corrected chi connectivity index (χ0v) is 15.0. The fourth-order valence-corrected chi connectivity index (χ4v) is 3.18. The van der Waals surface area contributed by atoms with Gasteiger partial charge in [0.1, 0.15) is 0 Å². The Morgan fingerprint density at radius 3 is 2.56 bits per heavy atom. The number of aryl methyl sites for hydroxylation is 1. The Morgan fingerprint density at radius 2 is 1.93 bits per heavy atom. The molecule has 0 aliphatic carbocycles. The molecule has 2 N–H and O–H groups in total. The van der Waals surface area contributed by atoms with Crippen molar-refractivity contribution < 1.29 is 18.0 Å². The third-order valence-electron chi connectivity index (χ3n) is 4.71. The van der Waals surface area contributed by atoms with Crippen LogP contribution in [-0.4, -0.2) is 40.2 Å². The molecule has 2 heterocycles. The summed E-state index contributed by atoms with van der Waals surface area (Å²) in [6, 6.07) is 6.58. The Hall–Kier alpha value is -2.42. The van der Waals surface area contributed by atoms with E-state index in [1.165, 1.54) is 0 Å². The van der Waals surface area contributed by atoms with E-state index in [4.69, 9.17) is 0 Å². The summed E-state index contributed by atoms with van der Waals surface area (Å²) in [5.74, 6) is -0.379. The number of halogens is 3. The van der Waals surface area contributed by atoms with E-state index in [2.05, 4.69) is 20.9 Å². The van der Waals surface area contributed by atoms with Gasteiger partial charge in [-0.2, -0.15) is 13.2 Å². The number of hydrogen-bond donors (Lipinski definition) is 2. The molecule has 0 unspecified atom stereocenters. The number of aromatic nitrogens is 3. The largest absolute Gasteiger partial charge is 0.389 e.